The lowest BCUT2D eigenvalue weighted by molar-refractivity contribution is -0.198. The normalized spacial score (nSPS) is 22.9. The highest BCUT2D eigenvalue weighted by Crippen LogP contribution is 2.47. The Bertz CT molecular complexity index is 1250. The molecule has 3 heterocycles. The number of alkyl halides is 6. The van der Waals surface area contributed by atoms with Crippen molar-refractivity contribution in [3.8, 4) is 0 Å². The Balaban J connectivity index is 1.71. The van der Waals surface area contributed by atoms with Crippen LogP contribution >= 0.6 is 12.2 Å². The predicted octanol–water partition coefficient (Wildman–Crippen LogP) is 4.59. The Hall–Kier alpha value is -2.81. The smallest absolute Gasteiger partial charge is 0.389 e. The summed E-state index contributed by atoms with van der Waals surface area (Å²) in [5.74, 6) is -2.04. The second kappa shape index (κ2) is 11.4. The number of carbonyl (C=O) groups excluding carboxylic acids is 2. The van der Waals surface area contributed by atoms with Crippen molar-refractivity contribution < 1.29 is 41.0 Å². The van der Waals surface area contributed by atoms with Crippen LogP contribution in [-0.4, -0.2) is 79.4 Å². The van der Waals surface area contributed by atoms with E-state index < -0.39 is 63.2 Å². The van der Waals surface area contributed by atoms with Gasteiger partial charge in [-0.1, -0.05) is 12.2 Å². The number of aliphatic hydroxyl groups is 1. The first-order valence-corrected chi connectivity index (χ1v) is 14.1. The minimum Gasteiger partial charge on any atom is -0.389 e. The average molecular weight is 622 g/mol. The van der Waals surface area contributed by atoms with E-state index in [1.54, 1.807) is 4.90 Å². The van der Waals surface area contributed by atoms with Crippen LogP contribution in [0.15, 0.2) is 17.3 Å². The van der Waals surface area contributed by atoms with Gasteiger partial charge in [0, 0.05) is 30.4 Å². The molecule has 3 N–H and O–H groups in total. The van der Waals surface area contributed by atoms with Gasteiger partial charge >= 0.3 is 12.4 Å². The molecule has 3 fully saturated rings. The third-order valence-corrected chi connectivity index (χ3v) is 8.56. The monoisotopic (exact) mass is 621 g/mol. The molecule has 42 heavy (non-hydrogen) atoms. The number of hydrogen-bond acceptors (Lipinski definition) is 7. The number of amides is 2. The van der Waals surface area contributed by atoms with Crippen LogP contribution in [0.5, 0.6) is 0 Å². The summed E-state index contributed by atoms with van der Waals surface area (Å²) in [4.78, 5) is 35.5. The Kier molecular flexibility index (Phi) is 8.68. The van der Waals surface area contributed by atoms with Crippen molar-refractivity contribution in [2.24, 2.45) is 4.99 Å². The summed E-state index contributed by atoms with van der Waals surface area (Å²) in [6, 6.07) is -1.48. The molecule has 0 spiro atoms. The van der Waals surface area contributed by atoms with Crippen molar-refractivity contribution in [1.82, 2.24) is 15.2 Å². The molecule has 0 radical (unpaired) electrons. The molecule has 15 heteroatoms. The number of carbonyl (C=O) groups is 2. The molecule has 1 saturated carbocycles. The summed E-state index contributed by atoms with van der Waals surface area (Å²) in [5, 5.41) is 14.5. The van der Waals surface area contributed by atoms with E-state index in [1.807, 2.05) is 0 Å². The van der Waals surface area contributed by atoms with Crippen molar-refractivity contribution in [3.05, 3.63) is 23.4 Å². The lowest BCUT2D eigenvalue weighted by Crippen LogP contribution is -2.57. The Morgan fingerprint density at radius 2 is 1.71 bits per heavy atom. The quantitative estimate of drug-likeness (QED) is 0.161. The lowest BCUT2D eigenvalue weighted by atomic mass is 9.76. The molecule has 1 aliphatic carbocycles. The Morgan fingerprint density at radius 3 is 2.17 bits per heavy atom. The minimum absolute atomic E-state index is 0.125. The first-order chi connectivity index (χ1) is 19.3. The van der Waals surface area contributed by atoms with E-state index in [2.05, 4.69) is 20.6 Å². The van der Waals surface area contributed by atoms with Crippen LogP contribution in [0, 0.1) is 0 Å². The van der Waals surface area contributed by atoms with E-state index in [4.69, 9.17) is 12.2 Å². The summed E-state index contributed by atoms with van der Waals surface area (Å²) >= 11 is 5.42. The lowest BCUT2D eigenvalue weighted by Gasteiger charge is -2.44. The number of aromatic nitrogens is 1. The number of anilines is 1. The Labute approximate surface area is 244 Å². The molecule has 4 rings (SSSR count). The van der Waals surface area contributed by atoms with Gasteiger partial charge < -0.3 is 20.6 Å². The summed E-state index contributed by atoms with van der Waals surface area (Å²) in [5.41, 5.74) is -5.94. The fourth-order valence-electron chi connectivity index (χ4n) is 5.67. The third-order valence-electron chi connectivity index (χ3n) is 8.11. The van der Waals surface area contributed by atoms with Crippen LogP contribution in [0.2, 0.25) is 0 Å². The van der Waals surface area contributed by atoms with Crippen LogP contribution in [0.4, 0.5) is 32.2 Å². The molecular formula is C27H33F6N5O3S. The SMILES string of the molecule is CC(=NC(C(=O)N1C2CCC1CC2)C(=S)c1cnc(NC2(C(F)(F)F)CCC2)cc1C(F)(F)F)C(=O)NCC(C)(C)O. The van der Waals surface area contributed by atoms with Gasteiger partial charge in [-0.25, -0.2) is 4.98 Å². The van der Waals surface area contributed by atoms with Gasteiger partial charge in [-0.15, -0.1) is 0 Å². The molecule has 8 nitrogen and oxygen atoms in total. The van der Waals surface area contributed by atoms with Gasteiger partial charge in [0.2, 0.25) is 0 Å². The van der Waals surface area contributed by atoms with Crippen molar-refractivity contribution in [3.63, 3.8) is 0 Å². The minimum atomic E-state index is -5.06. The number of pyridine rings is 1. The molecular weight excluding hydrogens is 588 g/mol. The highest BCUT2D eigenvalue weighted by molar-refractivity contribution is 7.81. The molecule has 232 valence electrons. The number of nitrogens with zero attached hydrogens (tertiary/aromatic N) is 3. The summed E-state index contributed by atoms with van der Waals surface area (Å²) < 4.78 is 83.9. The molecule has 2 bridgehead atoms. The van der Waals surface area contributed by atoms with E-state index in [1.165, 1.54) is 20.8 Å². The van der Waals surface area contributed by atoms with Crippen LogP contribution in [0.25, 0.3) is 0 Å². The van der Waals surface area contributed by atoms with Crippen LogP contribution < -0.4 is 10.6 Å². The molecule has 2 amide bonds. The average Bonchev–Trinajstić information content (AvgIpc) is 3.46. The first-order valence-electron chi connectivity index (χ1n) is 13.7. The van der Waals surface area contributed by atoms with Gasteiger partial charge in [-0.2, -0.15) is 26.3 Å². The number of aliphatic imine (C=N–C) groups is 1. The summed E-state index contributed by atoms with van der Waals surface area (Å²) in [6.07, 6.45) is -6.53. The number of rotatable bonds is 9. The second-order valence-corrected chi connectivity index (χ2v) is 12.3. The standard InChI is InChI=1S/C27H33F6N5O3S/c1-14(22(39)35-13-24(2,3)41)36-20(23(40)38-15-5-6-16(38)8-7-15)21(42)17-12-34-19(11-18(17)26(28,29)30)37-25(9-4-10-25)27(31,32)33/h11-12,15-16,20,41H,4-10,13H2,1-3H3,(H,34,37)(H,35,39). The number of hydrogen-bond donors (Lipinski definition) is 3. The Morgan fingerprint density at radius 1 is 1.14 bits per heavy atom. The van der Waals surface area contributed by atoms with Gasteiger partial charge in [-0.05, 0) is 71.8 Å². The zero-order valence-electron chi connectivity index (χ0n) is 23.3. The van der Waals surface area contributed by atoms with E-state index >= 15 is 0 Å². The number of thiocarbonyl (C=S) groups is 1. The molecule has 0 aromatic carbocycles. The molecule has 1 aromatic rings. The molecule has 1 unspecified atom stereocenters. The highest BCUT2D eigenvalue weighted by atomic mass is 32.1. The molecule has 1 atom stereocenters. The summed E-state index contributed by atoms with van der Waals surface area (Å²) in [6.45, 7) is 4.02. The van der Waals surface area contributed by atoms with E-state index in [0.717, 1.165) is 25.7 Å². The fraction of sp³-hybridized carbons (Fsp3) is 0.667. The zero-order valence-corrected chi connectivity index (χ0v) is 24.1. The van der Waals surface area contributed by atoms with Crippen molar-refractivity contribution in [2.75, 3.05) is 11.9 Å². The van der Waals surface area contributed by atoms with Crippen molar-refractivity contribution in [2.45, 2.75) is 107 Å². The maximum Gasteiger partial charge on any atom is 0.417 e. The topological polar surface area (TPSA) is 107 Å². The van der Waals surface area contributed by atoms with Gasteiger partial charge in [-0.3, -0.25) is 14.6 Å². The maximum atomic E-state index is 14.3. The highest BCUT2D eigenvalue weighted by Gasteiger charge is 2.58. The van der Waals surface area contributed by atoms with E-state index in [9.17, 15) is 41.0 Å². The first kappa shape index (κ1) is 32.1. The van der Waals surface area contributed by atoms with Crippen molar-refractivity contribution in [1.29, 1.82) is 0 Å². The van der Waals surface area contributed by atoms with E-state index in [0.29, 0.717) is 12.3 Å². The van der Waals surface area contributed by atoms with Gasteiger partial charge in [0.15, 0.2) is 6.04 Å². The predicted molar refractivity (Wildman–Crippen MR) is 146 cm³/mol. The van der Waals surface area contributed by atoms with Crippen LogP contribution in [0.1, 0.15) is 76.8 Å². The van der Waals surface area contributed by atoms with Crippen LogP contribution in [-0.2, 0) is 15.8 Å². The van der Waals surface area contributed by atoms with Gasteiger partial charge in [0.05, 0.1) is 21.7 Å². The number of fused-ring (bicyclic) bond motifs is 2. The molecule has 3 aliphatic rings. The molecule has 2 saturated heterocycles. The van der Waals surface area contributed by atoms with E-state index in [-0.39, 0.29) is 43.6 Å². The summed E-state index contributed by atoms with van der Waals surface area (Å²) in [7, 11) is 0. The molecule has 2 aliphatic heterocycles. The fourth-order valence-corrected chi connectivity index (χ4v) is 5.99. The number of nitrogens with one attached hydrogen (secondary N) is 2. The molecule has 1 aromatic heterocycles. The largest absolute Gasteiger partial charge is 0.417 e. The third kappa shape index (κ3) is 6.56. The number of halogens is 6. The maximum absolute atomic E-state index is 14.3. The van der Waals surface area contributed by atoms with Crippen molar-refractivity contribution >= 4 is 40.4 Å². The van der Waals surface area contributed by atoms with Gasteiger partial charge in [0.1, 0.15) is 11.4 Å². The second-order valence-electron chi connectivity index (χ2n) is 11.9. The van der Waals surface area contributed by atoms with Crippen LogP contribution in [0.3, 0.4) is 0 Å². The zero-order chi connectivity index (χ0) is 31.3. The van der Waals surface area contributed by atoms with Gasteiger partial charge in [0.25, 0.3) is 11.8 Å².